The summed E-state index contributed by atoms with van der Waals surface area (Å²) in [4.78, 5) is 25.2. The minimum atomic E-state index is -0.677. The van der Waals surface area contributed by atoms with E-state index in [0.29, 0.717) is 17.9 Å². The van der Waals surface area contributed by atoms with Crippen molar-refractivity contribution < 1.29 is 14.0 Å². The summed E-state index contributed by atoms with van der Waals surface area (Å²) in [5.41, 5.74) is 4.72. The molecule has 27 heavy (non-hydrogen) atoms. The van der Waals surface area contributed by atoms with Gasteiger partial charge in [0.2, 0.25) is 0 Å². The molecule has 0 spiro atoms. The van der Waals surface area contributed by atoms with E-state index in [1.165, 1.54) is 12.1 Å². The molecule has 0 saturated heterocycles. The number of halogens is 1. The van der Waals surface area contributed by atoms with Crippen LogP contribution >= 0.6 is 0 Å². The first-order valence-electron chi connectivity index (χ1n) is 8.68. The van der Waals surface area contributed by atoms with Crippen molar-refractivity contribution in [2.24, 2.45) is 0 Å². The second-order valence-electron chi connectivity index (χ2n) is 6.70. The van der Waals surface area contributed by atoms with E-state index in [-0.39, 0.29) is 5.82 Å². The molecule has 1 heterocycles. The second kappa shape index (κ2) is 7.58. The summed E-state index contributed by atoms with van der Waals surface area (Å²) in [6, 6.07) is 13.3. The summed E-state index contributed by atoms with van der Waals surface area (Å²) in [7, 11) is 0. The van der Waals surface area contributed by atoms with Crippen LogP contribution in [-0.4, -0.2) is 16.3 Å². The molecule has 0 bridgehead atoms. The molecule has 1 amide bonds. The zero-order valence-electron chi connectivity index (χ0n) is 15.5. The molecule has 1 N–H and O–H groups in total. The van der Waals surface area contributed by atoms with Gasteiger partial charge in [-0.3, -0.25) is 9.59 Å². The lowest BCUT2D eigenvalue weighted by atomic mass is 10.0. The Kier molecular flexibility index (Phi) is 5.21. The molecule has 3 aromatic rings. The SMILES string of the molecule is Cc1cc(C)c(NC(=O)C(=O)c2cccn2Cc2ccc(F)cc2)c(C)c1. The summed E-state index contributed by atoms with van der Waals surface area (Å²) in [6.45, 7) is 6.16. The molecule has 0 saturated carbocycles. The maximum Gasteiger partial charge on any atom is 0.298 e. The zero-order valence-corrected chi connectivity index (χ0v) is 15.5. The van der Waals surface area contributed by atoms with Crippen molar-refractivity contribution in [1.82, 2.24) is 4.57 Å². The molecular formula is C22H21FN2O2. The van der Waals surface area contributed by atoms with Crippen LogP contribution in [0.4, 0.5) is 10.1 Å². The van der Waals surface area contributed by atoms with Crippen LogP contribution in [0.25, 0.3) is 0 Å². The van der Waals surface area contributed by atoms with Crippen LogP contribution in [0.1, 0.15) is 32.7 Å². The molecule has 0 fully saturated rings. The van der Waals surface area contributed by atoms with Gasteiger partial charge in [0, 0.05) is 18.4 Å². The molecule has 3 rings (SSSR count). The number of carbonyl (C=O) groups is 2. The third-order valence-corrected chi connectivity index (χ3v) is 4.45. The molecule has 138 valence electrons. The predicted octanol–water partition coefficient (Wildman–Crippen LogP) is 4.42. The molecular weight excluding hydrogens is 343 g/mol. The van der Waals surface area contributed by atoms with E-state index >= 15 is 0 Å². The number of nitrogens with zero attached hydrogens (tertiary/aromatic N) is 1. The maximum atomic E-state index is 13.1. The van der Waals surface area contributed by atoms with E-state index in [1.54, 1.807) is 35.0 Å². The quantitative estimate of drug-likeness (QED) is 0.538. The average molecular weight is 364 g/mol. The van der Waals surface area contributed by atoms with Gasteiger partial charge in [0.05, 0.1) is 5.69 Å². The summed E-state index contributed by atoms with van der Waals surface area (Å²) in [6.07, 6.45) is 1.73. The van der Waals surface area contributed by atoms with Crippen LogP contribution in [-0.2, 0) is 11.3 Å². The first-order chi connectivity index (χ1) is 12.8. The number of anilines is 1. The summed E-state index contributed by atoms with van der Waals surface area (Å²) in [5.74, 6) is -1.60. The van der Waals surface area contributed by atoms with Crippen LogP contribution in [0, 0.1) is 26.6 Å². The van der Waals surface area contributed by atoms with Gasteiger partial charge in [-0.05, 0) is 61.7 Å². The molecule has 2 aromatic carbocycles. The van der Waals surface area contributed by atoms with Crippen LogP contribution in [0.5, 0.6) is 0 Å². The minimum absolute atomic E-state index is 0.291. The molecule has 5 heteroatoms. The Hall–Kier alpha value is -3.21. The average Bonchev–Trinajstić information content (AvgIpc) is 3.07. The van der Waals surface area contributed by atoms with Crippen LogP contribution in [0.15, 0.2) is 54.7 Å². The van der Waals surface area contributed by atoms with Crippen molar-refractivity contribution in [3.05, 3.63) is 88.5 Å². The number of carbonyl (C=O) groups excluding carboxylic acids is 2. The molecule has 0 radical (unpaired) electrons. The number of rotatable bonds is 5. The number of hydrogen-bond donors (Lipinski definition) is 1. The largest absolute Gasteiger partial charge is 0.340 e. The van der Waals surface area contributed by atoms with E-state index in [0.717, 1.165) is 22.3 Å². The van der Waals surface area contributed by atoms with Crippen LogP contribution in [0.2, 0.25) is 0 Å². The second-order valence-corrected chi connectivity index (χ2v) is 6.70. The molecule has 0 aliphatic carbocycles. The number of benzene rings is 2. The first-order valence-corrected chi connectivity index (χ1v) is 8.68. The van der Waals surface area contributed by atoms with Crippen molar-refractivity contribution in [2.45, 2.75) is 27.3 Å². The number of aryl methyl sites for hydroxylation is 3. The van der Waals surface area contributed by atoms with E-state index in [1.807, 2.05) is 32.9 Å². The Bertz CT molecular complexity index is 980. The van der Waals surface area contributed by atoms with Gasteiger partial charge in [-0.15, -0.1) is 0 Å². The fraction of sp³-hybridized carbons (Fsp3) is 0.182. The monoisotopic (exact) mass is 364 g/mol. The smallest absolute Gasteiger partial charge is 0.298 e. The standard InChI is InChI=1S/C22H21FN2O2/c1-14-11-15(2)20(16(3)12-14)24-22(27)21(26)19-5-4-10-25(19)13-17-6-8-18(23)9-7-17/h4-12H,13H2,1-3H3,(H,24,27). The Labute approximate surface area is 157 Å². The van der Waals surface area contributed by atoms with Crippen LogP contribution in [0.3, 0.4) is 0 Å². The van der Waals surface area contributed by atoms with Gasteiger partial charge in [-0.25, -0.2) is 4.39 Å². The summed E-state index contributed by atoms with van der Waals surface area (Å²) >= 11 is 0. The normalized spacial score (nSPS) is 10.7. The van der Waals surface area contributed by atoms with Gasteiger partial charge >= 0.3 is 0 Å². The van der Waals surface area contributed by atoms with Crippen molar-refractivity contribution in [3.63, 3.8) is 0 Å². The fourth-order valence-electron chi connectivity index (χ4n) is 3.21. The van der Waals surface area contributed by atoms with E-state index in [9.17, 15) is 14.0 Å². The lowest BCUT2D eigenvalue weighted by Crippen LogP contribution is -2.26. The molecule has 4 nitrogen and oxygen atoms in total. The molecule has 0 unspecified atom stereocenters. The third-order valence-electron chi connectivity index (χ3n) is 4.45. The topological polar surface area (TPSA) is 51.1 Å². The number of amides is 1. The highest BCUT2D eigenvalue weighted by molar-refractivity contribution is 6.46. The van der Waals surface area contributed by atoms with Crippen molar-refractivity contribution >= 4 is 17.4 Å². The Morgan fingerprint density at radius 3 is 2.26 bits per heavy atom. The highest BCUT2D eigenvalue weighted by atomic mass is 19.1. The molecule has 0 aliphatic rings. The molecule has 0 aliphatic heterocycles. The Morgan fingerprint density at radius 2 is 1.63 bits per heavy atom. The Morgan fingerprint density at radius 1 is 1.00 bits per heavy atom. The number of nitrogens with one attached hydrogen (secondary N) is 1. The van der Waals surface area contributed by atoms with Gasteiger partial charge in [0.15, 0.2) is 0 Å². The third kappa shape index (κ3) is 4.14. The van der Waals surface area contributed by atoms with Gasteiger partial charge in [-0.2, -0.15) is 0 Å². The van der Waals surface area contributed by atoms with Gasteiger partial charge in [0.1, 0.15) is 5.82 Å². The number of Topliss-reactive ketones (excluding diaryl/α,β-unsaturated/α-hetero) is 1. The van der Waals surface area contributed by atoms with E-state index in [4.69, 9.17) is 0 Å². The number of hydrogen-bond acceptors (Lipinski definition) is 2. The van der Waals surface area contributed by atoms with Crippen molar-refractivity contribution in [3.8, 4) is 0 Å². The Balaban J connectivity index is 1.79. The van der Waals surface area contributed by atoms with Gasteiger partial charge in [-0.1, -0.05) is 29.8 Å². The van der Waals surface area contributed by atoms with E-state index < -0.39 is 11.7 Å². The van der Waals surface area contributed by atoms with Gasteiger partial charge in [0.25, 0.3) is 11.7 Å². The van der Waals surface area contributed by atoms with Crippen LogP contribution < -0.4 is 5.32 Å². The van der Waals surface area contributed by atoms with Crippen molar-refractivity contribution in [1.29, 1.82) is 0 Å². The van der Waals surface area contributed by atoms with Crippen molar-refractivity contribution in [2.75, 3.05) is 5.32 Å². The highest BCUT2D eigenvalue weighted by Crippen LogP contribution is 2.22. The maximum absolute atomic E-state index is 13.1. The lowest BCUT2D eigenvalue weighted by molar-refractivity contribution is -0.112. The predicted molar refractivity (Wildman–Crippen MR) is 104 cm³/mol. The zero-order chi connectivity index (χ0) is 19.6. The summed E-state index contributed by atoms with van der Waals surface area (Å²) in [5, 5.41) is 2.74. The summed E-state index contributed by atoms with van der Waals surface area (Å²) < 4.78 is 14.7. The molecule has 1 aromatic heterocycles. The molecule has 0 atom stereocenters. The number of aromatic nitrogens is 1. The van der Waals surface area contributed by atoms with E-state index in [2.05, 4.69) is 5.32 Å². The fourth-order valence-corrected chi connectivity index (χ4v) is 3.21. The minimum Gasteiger partial charge on any atom is -0.340 e. The first kappa shape index (κ1) is 18.6. The highest BCUT2D eigenvalue weighted by Gasteiger charge is 2.21. The number of ketones is 1. The lowest BCUT2D eigenvalue weighted by Gasteiger charge is -2.13. The van der Waals surface area contributed by atoms with Gasteiger partial charge < -0.3 is 9.88 Å².